The summed E-state index contributed by atoms with van der Waals surface area (Å²) < 4.78 is 29.7. The van der Waals surface area contributed by atoms with E-state index in [0.717, 1.165) is 0 Å². The minimum atomic E-state index is -3.25. The highest BCUT2D eigenvalue weighted by atomic mass is 35.5. The Kier molecular flexibility index (Phi) is 5.97. The zero-order valence-electron chi connectivity index (χ0n) is 8.84. The van der Waals surface area contributed by atoms with Crippen LogP contribution in [-0.2, 0) is 14.8 Å². The smallest absolute Gasteiger partial charge is 0.216 e. The second-order valence-corrected chi connectivity index (χ2v) is 6.71. The largest absolute Gasteiger partial charge is 0.379 e. The maximum atomic E-state index is 11.5. The first-order valence-electron chi connectivity index (χ1n) is 4.44. The maximum absolute atomic E-state index is 11.5. The number of hydrogen-bond donors (Lipinski definition) is 1. The SMILES string of the molecule is CC(C)(C)S(=O)(=O)NCCOCCCl. The predicted octanol–water partition coefficient (Wildman–Crippen LogP) is 0.960. The topological polar surface area (TPSA) is 55.4 Å². The van der Waals surface area contributed by atoms with Crippen molar-refractivity contribution in [2.24, 2.45) is 0 Å². The molecule has 6 heteroatoms. The fraction of sp³-hybridized carbons (Fsp3) is 1.00. The minimum absolute atomic E-state index is 0.288. The summed E-state index contributed by atoms with van der Waals surface area (Å²) in [5, 5.41) is 0. The van der Waals surface area contributed by atoms with Crippen molar-refractivity contribution >= 4 is 21.6 Å². The lowest BCUT2D eigenvalue weighted by Gasteiger charge is -2.19. The molecule has 0 aromatic heterocycles. The summed E-state index contributed by atoms with van der Waals surface area (Å²) in [5.74, 6) is 0.423. The normalized spacial score (nSPS) is 13.1. The molecule has 0 bridgehead atoms. The van der Waals surface area contributed by atoms with Gasteiger partial charge in [0.25, 0.3) is 0 Å². The number of nitrogens with one attached hydrogen (secondary N) is 1. The lowest BCUT2D eigenvalue weighted by Crippen LogP contribution is -2.40. The van der Waals surface area contributed by atoms with Gasteiger partial charge in [0.15, 0.2) is 0 Å². The molecule has 0 rings (SSSR count). The van der Waals surface area contributed by atoms with Crippen molar-refractivity contribution in [3.05, 3.63) is 0 Å². The molecule has 0 unspecified atom stereocenters. The van der Waals surface area contributed by atoms with Crippen molar-refractivity contribution in [2.75, 3.05) is 25.6 Å². The Morgan fingerprint density at radius 1 is 1.29 bits per heavy atom. The third-order valence-corrected chi connectivity index (χ3v) is 3.92. The van der Waals surface area contributed by atoms with Crippen LogP contribution in [0.15, 0.2) is 0 Å². The summed E-state index contributed by atoms with van der Waals surface area (Å²) >= 11 is 5.38. The van der Waals surface area contributed by atoms with Crippen molar-refractivity contribution < 1.29 is 13.2 Å². The molecule has 0 saturated heterocycles. The quantitative estimate of drug-likeness (QED) is 0.559. The van der Waals surface area contributed by atoms with Crippen LogP contribution in [0.4, 0.5) is 0 Å². The van der Waals surface area contributed by atoms with Gasteiger partial charge in [-0.25, -0.2) is 13.1 Å². The summed E-state index contributed by atoms with van der Waals surface area (Å²) in [6, 6.07) is 0. The molecule has 1 N–H and O–H groups in total. The summed E-state index contributed by atoms with van der Waals surface area (Å²) in [6.45, 7) is 6.02. The van der Waals surface area contributed by atoms with Crippen LogP contribution >= 0.6 is 11.6 Å². The van der Waals surface area contributed by atoms with Gasteiger partial charge in [0, 0.05) is 12.4 Å². The Hall–Kier alpha value is 0.160. The summed E-state index contributed by atoms with van der Waals surface area (Å²) in [7, 11) is -3.25. The third kappa shape index (κ3) is 5.14. The van der Waals surface area contributed by atoms with Crippen molar-refractivity contribution in [3.63, 3.8) is 0 Å². The van der Waals surface area contributed by atoms with Crippen LogP contribution in [0.25, 0.3) is 0 Å². The third-order valence-electron chi connectivity index (χ3n) is 1.57. The van der Waals surface area contributed by atoms with Gasteiger partial charge in [0.05, 0.1) is 18.0 Å². The predicted molar refractivity (Wildman–Crippen MR) is 58.2 cm³/mol. The fourth-order valence-corrected chi connectivity index (χ4v) is 1.52. The van der Waals surface area contributed by atoms with E-state index in [9.17, 15) is 8.42 Å². The number of rotatable bonds is 6. The minimum Gasteiger partial charge on any atom is -0.379 e. The second-order valence-electron chi connectivity index (χ2n) is 3.81. The first kappa shape index (κ1) is 14.2. The van der Waals surface area contributed by atoms with Gasteiger partial charge in [-0.15, -0.1) is 11.6 Å². The van der Waals surface area contributed by atoms with Crippen LogP contribution < -0.4 is 4.72 Å². The van der Waals surface area contributed by atoms with E-state index in [2.05, 4.69) is 4.72 Å². The molecule has 0 radical (unpaired) electrons. The lowest BCUT2D eigenvalue weighted by molar-refractivity contribution is 0.154. The molecule has 0 aliphatic carbocycles. The van der Waals surface area contributed by atoms with E-state index in [-0.39, 0.29) is 6.54 Å². The van der Waals surface area contributed by atoms with E-state index in [0.29, 0.717) is 19.1 Å². The molecule has 0 aliphatic heterocycles. The van der Waals surface area contributed by atoms with Gasteiger partial charge in [0.1, 0.15) is 0 Å². The highest BCUT2D eigenvalue weighted by Crippen LogP contribution is 2.12. The van der Waals surface area contributed by atoms with Gasteiger partial charge in [-0.3, -0.25) is 0 Å². The van der Waals surface area contributed by atoms with Gasteiger partial charge < -0.3 is 4.74 Å². The van der Waals surface area contributed by atoms with Gasteiger partial charge in [0.2, 0.25) is 10.0 Å². The molecular formula is C8H18ClNO3S. The van der Waals surface area contributed by atoms with Crippen LogP contribution in [0.5, 0.6) is 0 Å². The maximum Gasteiger partial charge on any atom is 0.216 e. The van der Waals surface area contributed by atoms with E-state index in [1.54, 1.807) is 20.8 Å². The molecular weight excluding hydrogens is 226 g/mol. The van der Waals surface area contributed by atoms with Gasteiger partial charge in [-0.1, -0.05) is 0 Å². The zero-order chi connectivity index (χ0) is 11.2. The fourth-order valence-electron chi connectivity index (χ4n) is 0.621. The molecule has 0 fully saturated rings. The highest BCUT2D eigenvalue weighted by molar-refractivity contribution is 7.90. The van der Waals surface area contributed by atoms with Gasteiger partial charge in [-0.2, -0.15) is 0 Å². The van der Waals surface area contributed by atoms with Crippen molar-refractivity contribution in [1.82, 2.24) is 4.72 Å². The molecule has 14 heavy (non-hydrogen) atoms. The van der Waals surface area contributed by atoms with Crippen molar-refractivity contribution in [2.45, 2.75) is 25.5 Å². The summed E-state index contributed by atoms with van der Waals surface area (Å²) in [5.41, 5.74) is 0. The molecule has 0 aliphatic rings. The number of sulfonamides is 1. The van der Waals surface area contributed by atoms with Crippen LogP contribution in [0.3, 0.4) is 0 Å². The van der Waals surface area contributed by atoms with Gasteiger partial charge >= 0.3 is 0 Å². The first-order valence-corrected chi connectivity index (χ1v) is 6.46. The van der Waals surface area contributed by atoms with Crippen LogP contribution in [-0.4, -0.2) is 38.8 Å². The molecule has 0 atom stereocenters. The second kappa shape index (κ2) is 5.90. The number of hydrogen-bond acceptors (Lipinski definition) is 3. The molecule has 0 aromatic carbocycles. The Labute approximate surface area is 91.0 Å². The van der Waals surface area contributed by atoms with E-state index in [4.69, 9.17) is 16.3 Å². The molecule has 86 valence electrons. The van der Waals surface area contributed by atoms with Crippen molar-refractivity contribution in [1.29, 1.82) is 0 Å². The average molecular weight is 244 g/mol. The Morgan fingerprint density at radius 3 is 2.29 bits per heavy atom. The summed E-state index contributed by atoms with van der Waals surface area (Å²) in [6.07, 6.45) is 0. The van der Waals surface area contributed by atoms with E-state index in [1.807, 2.05) is 0 Å². The monoisotopic (exact) mass is 243 g/mol. The van der Waals surface area contributed by atoms with E-state index >= 15 is 0 Å². The Morgan fingerprint density at radius 2 is 1.86 bits per heavy atom. The lowest BCUT2D eigenvalue weighted by atomic mass is 10.3. The van der Waals surface area contributed by atoms with E-state index < -0.39 is 14.8 Å². The van der Waals surface area contributed by atoms with Gasteiger partial charge in [-0.05, 0) is 20.8 Å². The van der Waals surface area contributed by atoms with Crippen LogP contribution in [0.1, 0.15) is 20.8 Å². The average Bonchev–Trinajstić information content (AvgIpc) is 2.02. The number of halogens is 1. The van der Waals surface area contributed by atoms with Crippen LogP contribution in [0.2, 0.25) is 0 Å². The molecule has 0 spiro atoms. The Balaban J connectivity index is 3.80. The first-order chi connectivity index (χ1) is 6.31. The molecule has 0 saturated carbocycles. The molecule has 0 aromatic rings. The molecule has 4 nitrogen and oxygen atoms in total. The van der Waals surface area contributed by atoms with Crippen molar-refractivity contribution in [3.8, 4) is 0 Å². The number of ether oxygens (including phenoxy) is 1. The Bertz CT molecular complexity index is 246. The van der Waals surface area contributed by atoms with Crippen LogP contribution in [0, 0.1) is 0 Å². The standard InChI is InChI=1S/C8H18ClNO3S/c1-8(2,3)14(11,12)10-5-7-13-6-4-9/h10H,4-7H2,1-3H3. The molecule has 0 amide bonds. The highest BCUT2D eigenvalue weighted by Gasteiger charge is 2.27. The number of alkyl halides is 1. The zero-order valence-corrected chi connectivity index (χ0v) is 10.4. The molecule has 0 heterocycles. The summed E-state index contributed by atoms with van der Waals surface area (Å²) in [4.78, 5) is 0. The van der Waals surface area contributed by atoms with E-state index in [1.165, 1.54) is 0 Å².